The molecule has 5 nitrogen and oxygen atoms in total. The van der Waals surface area contributed by atoms with Gasteiger partial charge in [0.1, 0.15) is 5.66 Å². The average Bonchev–Trinajstić information content (AvgIpc) is 3.36. The Hall–Kier alpha value is -2.56. The van der Waals surface area contributed by atoms with Gasteiger partial charge in [-0.25, -0.2) is 9.97 Å². The fourth-order valence-corrected chi connectivity index (χ4v) is 4.34. The third-order valence-corrected chi connectivity index (χ3v) is 5.67. The maximum Gasteiger partial charge on any atom is 0.146 e. The van der Waals surface area contributed by atoms with Crippen molar-refractivity contribution in [2.24, 2.45) is 0 Å². The zero-order valence-electron chi connectivity index (χ0n) is 13.9. The van der Waals surface area contributed by atoms with Crippen LogP contribution >= 0.6 is 0 Å². The fraction of sp³-hybridized carbons (Fsp3) is 0.368. The van der Waals surface area contributed by atoms with Crippen LogP contribution in [0.25, 0.3) is 0 Å². The smallest absolute Gasteiger partial charge is 0.146 e. The number of rotatable bonds is 3. The second-order valence-corrected chi connectivity index (χ2v) is 6.94. The Kier molecular flexibility index (Phi) is 2.86. The van der Waals surface area contributed by atoms with Gasteiger partial charge in [-0.2, -0.15) is 0 Å². The molecule has 2 aliphatic heterocycles. The van der Waals surface area contributed by atoms with Gasteiger partial charge in [-0.15, -0.1) is 0 Å². The van der Waals surface area contributed by atoms with E-state index in [2.05, 4.69) is 43.1 Å². The van der Waals surface area contributed by atoms with E-state index in [1.165, 1.54) is 48.3 Å². The Morgan fingerprint density at radius 2 is 1.58 bits per heavy atom. The molecule has 0 unspecified atom stereocenters. The molecule has 2 aliphatic rings. The first-order valence-electron chi connectivity index (χ1n) is 8.65. The molecule has 3 aromatic rings. The zero-order valence-corrected chi connectivity index (χ0v) is 13.9. The predicted molar refractivity (Wildman–Crippen MR) is 93.3 cm³/mol. The van der Waals surface area contributed by atoms with Crippen molar-refractivity contribution in [3.63, 3.8) is 0 Å². The van der Waals surface area contributed by atoms with Crippen LogP contribution in [0.3, 0.4) is 0 Å². The second kappa shape index (κ2) is 4.97. The summed E-state index contributed by atoms with van der Waals surface area (Å²) < 4.78 is 4.33. The van der Waals surface area contributed by atoms with Gasteiger partial charge in [0.05, 0.1) is 12.7 Å². The van der Waals surface area contributed by atoms with E-state index in [1.807, 2.05) is 37.4 Å². The van der Waals surface area contributed by atoms with Gasteiger partial charge in [-0.1, -0.05) is 0 Å². The molecule has 2 aromatic heterocycles. The Morgan fingerprint density at radius 3 is 2.21 bits per heavy atom. The van der Waals surface area contributed by atoms with Gasteiger partial charge in [0.25, 0.3) is 0 Å². The minimum absolute atomic E-state index is 0.358. The number of nitrogens with zero attached hydrogens (tertiary/aromatic N) is 5. The van der Waals surface area contributed by atoms with Gasteiger partial charge >= 0.3 is 0 Å². The van der Waals surface area contributed by atoms with Gasteiger partial charge in [0.15, 0.2) is 0 Å². The lowest BCUT2D eigenvalue weighted by molar-refractivity contribution is 0.324. The summed E-state index contributed by atoms with van der Waals surface area (Å²) >= 11 is 0. The largest absolute Gasteiger partial charge is 0.371 e. The van der Waals surface area contributed by atoms with Gasteiger partial charge in [-0.05, 0) is 55.0 Å². The summed E-state index contributed by atoms with van der Waals surface area (Å²) in [6, 6.07) is 4.79. The molecule has 0 aliphatic carbocycles. The zero-order chi connectivity index (χ0) is 16.1. The topological polar surface area (TPSA) is 38.9 Å². The molecular weight excluding hydrogens is 298 g/mol. The van der Waals surface area contributed by atoms with Crippen molar-refractivity contribution in [3.05, 3.63) is 66.3 Å². The molecule has 0 saturated carbocycles. The van der Waals surface area contributed by atoms with Crippen molar-refractivity contribution < 1.29 is 0 Å². The van der Waals surface area contributed by atoms with Crippen molar-refractivity contribution in [1.82, 2.24) is 19.1 Å². The molecular formula is C19H21N5. The van der Waals surface area contributed by atoms with E-state index in [0.29, 0.717) is 0 Å². The van der Waals surface area contributed by atoms with E-state index in [0.717, 1.165) is 6.42 Å². The number of hydrogen-bond acceptors (Lipinski definition) is 3. The number of aryl methyl sites for hydroxylation is 1. The van der Waals surface area contributed by atoms with Gasteiger partial charge in [0, 0.05) is 43.6 Å². The molecule has 0 saturated heterocycles. The minimum Gasteiger partial charge on any atom is -0.371 e. The molecule has 0 fully saturated rings. The van der Waals surface area contributed by atoms with Crippen LogP contribution in [0.1, 0.15) is 30.0 Å². The van der Waals surface area contributed by atoms with Crippen LogP contribution in [0.5, 0.6) is 0 Å². The summed E-state index contributed by atoms with van der Waals surface area (Å²) in [5, 5.41) is 0. The van der Waals surface area contributed by atoms with Crippen molar-refractivity contribution in [2.45, 2.75) is 31.8 Å². The summed E-state index contributed by atoms with van der Waals surface area (Å²) in [4.78, 5) is 11.1. The quantitative estimate of drug-likeness (QED) is 0.745. The standard InChI is InChI=1S/C19H21N5/c1-19(23-9-5-20-13-23,24-10-6-21-14-24)17-11-15-3-2-7-22-8-4-16(12-17)18(15)22/h5-6,9-14H,2-4,7-8H2,1H3. The van der Waals surface area contributed by atoms with E-state index in [1.54, 1.807) is 0 Å². The first-order valence-corrected chi connectivity index (χ1v) is 8.65. The molecule has 122 valence electrons. The third-order valence-electron chi connectivity index (χ3n) is 5.67. The molecule has 5 heteroatoms. The molecule has 1 aromatic carbocycles. The van der Waals surface area contributed by atoms with E-state index in [-0.39, 0.29) is 5.66 Å². The number of aromatic nitrogens is 4. The lowest BCUT2D eigenvalue weighted by atomic mass is 9.91. The fourth-order valence-electron chi connectivity index (χ4n) is 4.34. The summed E-state index contributed by atoms with van der Waals surface area (Å²) in [5.41, 5.74) is 5.44. The maximum atomic E-state index is 4.28. The van der Waals surface area contributed by atoms with Crippen LogP contribution in [-0.2, 0) is 18.5 Å². The summed E-state index contributed by atoms with van der Waals surface area (Å²) in [5.74, 6) is 0. The van der Waals surface area contributed by atoms with E-state index in [4.69, 9.17) is 0 Å². The van der Waals surface area contributed by atoms with E-state index < -0.39 is 0 Å². The molecule has 0 amide bonds. The Bertz CT molecular complexity index is 829. The molecule has 0 atom stereocenters. The van der Waals surface area contributed by atoms with Gasteiger partial charge in [0.2, 0.25) is 0 Å². The van der Waals surface area contributed by atoms with Crippen molar-refractivity contribution >= 4 is 5.69 Å². The number of benzene rings is 1. The third kappa shape index (κ3) is 1.81. The van der Waals surface area contributed by atoms with Crippen LogP contribution in [0, 0.1) is 0 Å². The highest BCUT2D eigenvalue weighted by Gasteiger charge is 2.34. The summed E-state index contributed by atoms with van der Waals surface area (Å²) in [7, 11) is 0. The summed E-state index contributed by atoms with van der Waals surface area (Å²) in [6.07, 6.45) is 15.1. The van der Waals surface area contributed by atoms with Crippen molar-refractivity contribution in [1.29, 1.82) is 0 Å². The molecule has 0 radical (unpaired) electrons. The lowest BCUT2D eigenvalue weighted by Crippen LogP contribution is -2.38. The number of hydrogen-bond donors (Lipinski definition) is 0. The highest BCUT2D eigenvalue weighted by atomic mass is 15.3. The van der Waals surface area contributed by atoms with Crippen LogP contribution in [0.2, 0.25) is 0 Å². The number of imidazole rings is 2. The summed E-state index contributed by atoms with van der Waals surface area (Å²) in [6.45, 7) is 4.61. The molecule has 0 bridgehead atoms. The first-order chi connectivity index (χ1) is 11.8. The van der Waals surface area contributed by atoms with Crippen LogP contribution < -0.4 is 4.90 Å². The normalized spacial score (nSPS) is 16.5. The molecule has 0 spiro atoms. The van der Waals surface area contributed by atoms with Crippen molar-refractivity contribution in [3.8, 4) is 0 Å². The van der Waals surface area contributed by atoms with Crippen LogP contribution in [0.4, 0.5) is 5.69 Å². The van der Waals surface area contributed by atoms with E-state index in [9.17, 15) is 0 Å². The van der Waals surface area contributed by atoms with Gasteiger partial charge in [-0.3, -0.25) is 0 Å². The first kappa shape index (κ1) is 13.8. The second-order valence-electron chi connectivity index (χ2n) is 6.94. The highest BCUT2D eigenvalue weighted by Crippen LogP contribution is 2.40. The monoisotopic (exact) mass is 319 g/mol. The molecule has 24 heavy (non-hydrogen) atoms. The molecule has 5 rings (SSSR count). The SMILES string of the molecule is CC(c1cc2c3c(c1)CCN3CCC2)(n1ccnc1)n1ccnc1. The minimum atomic E-state index is -0.358. The molecule has 4 heterocycles. The van der Waals surface area contributed by atoms with Crippen LogP contribution in [0.15, 0.2) is 49.6 Å². The Labute approximate surface area is 141 Å². The number of anilines is 1. The maximum absolute atomic E-state index is 4.28. The predicted octanol–water partition coefficient (Wildman–Crippen LogP) is 2.66. The van der Waals surface area contributed by atoms with Gasteiger partial charge < -0.3 is 14.0 Å². The van der Waals surface area contributed by atoms with Crippen LogP contribution in [-0.4, -0.2) is 32.2 Å². The van der Waals surface area contributed by atoms with Crippen molar-refractivity contribution in [2.75, 3.05) is 18.0 Å². The Morgan fingerprint density at radius 1 is 0.917 bits per heavy atom. The lowest BCUT2D eigenvalue weighted by Gasteiger charge is -2.35. The van der Waals surface area contributed by atoms with E-state index >= 15 is 0 Å². The molecule has 0 N–H and O–H groups in total. The highest BCUT2D eigenvalue weighted by molar-refractivity contribution is 5.66. The average molecular weight is 319 g/mol. The Balaban J connectivity index is 1.74.